The number of likely N-dealkylation sites (tertiary alicyclic amines) is 1. The van der Waals surface area contributed by atoms with E-state index in [-0.39, 0.29) is 17.9 Å². The molecule has 2 unspecified atom stereocenters. The Morgan fingerprint density at radius 2 is 1.88 bits per heavy atom. The predicted octanol–water partition coefficient (Wildman–Crippen LogP) is 2.51. The van der Waals surface area contributed by atoms with Crippen LogP contribution >= 0.6 is 0 Å². The Balaban J connectivity index is 1.71. The molecule has 6 heteroatoms. The summed E-state index contributed by atoms with van der Waals surface area (Å²) in [6.45, 7) is 10.4. The molecule has 0 saturated carbocycles. The van der Waals surface area contributed by atoms with Crippen LogP contribution in [0.2, 0.25) is 0 Å². The summed E-state index contributed by atoms with van der Waals surface area (Å²) in [7, 11) is 0. The molecule has 1 saturated heterocycles. The molecule has 1 N–H and O–H groups in total. The molecule has 2 atom stereocenters. The minimum absolute atomic E-state index is 0.0166. The second-order valence-corrected chi connectivity index (χ2v) is 8.56. The Morgan fingerprint density at radius 1 is 1.27 bits per heavy atom. The Kier molecular flexibility index (Phi) is 4.82. The van der Waals surface area contributed by atoms with Crippen molar-refractivity contribution in [3.63, 3.8) is 0 Å². The van der Waals surface area contributed by atoms with Crippen LogP contribution in [-0.4, -0.2) is 46.1 Å². The zero-order valence-corrected chi connectivity index (χ0v) is 16.2. The number of aldehydes is 1. The number of fused-ring (bicyclic) bond motifs is 1. The fourth-order valence-electron chi connectivity index (χ4n) is 3.87. The molecular formula is C20H28N2O4. The van der Waals surface area contributed by atoms with Crippen LogP contribution < -0.4 is 0 Å². The summed E-state index contributed by atoms with van der Waals surface area (Å²) in [4.78, 5) is 29.5. The molecule has 1 aliphatic carbocycles. The summed E-state index contributed by atoms with van der Waals surface area (Å²) in [6, 6.07) is 0. The van der Waals surface area contributed by atoms with Gasteiger partial charge in [0.1, 0.15) is 18.0 Å². The van der Waals surface area contributed by atoms with Crippen molar-refractivity contribution in [1.29, 1.82) is 0 Å². The van der Waals surface area contributed by atoms with Crippen molar-refractivity contribution in [3.05, 3.63) is 28.1 Å². The number of carbonyl (C=O) groups excluding carboxylic acids is 2. The van der Waals surface area contributed by atoms with Crippen molar-refractivity contribution < 1.29 is 19.4 Å². The minimum atomic E-state index is -0.715. The zero-order valence-electron chi connectivity index (χ0n) is 16.2. The van der Waals surface area contributed by atoms with Crippen LogP contribution in [0.1, 0.15) is 55.0 Å². The van der Waals surface area contributed by atoms with Crippen LogP contribution in [0.5, 0.6) is 0 Å². The van der Waals surface area contributed by atoms with E-state index in [1.807, 2.05) is 34.6 Å². The summed E-state index contributed by atoms with van der Waals surface area (Å²) in [5.74, 6) is -0.0302. The maximum Gasteiger partial charge on any atom is 0.410 e. The van der Waals surface area contributed by atoms with E-state index in [4.69, 9.17) is 4.74 Å². The first-order valence-electron chi connectivity index (χ1n) is 9.20. The molecule has 2 heterocycles. The van der Waals surface area contributed by atoms with Crippen molar-refractivity contribution >= 4 is 12.4 Å². The van der Waals surface area contributed by atoms with Gasteiger partial charge < -0.3 is 19.5 Å². The van der Waals surface area contributed by atoms with Crippen LogP contribution in [0, 0.1) is 25.7 Å². The summed E-state index contributed by atoms with van der Waals surface area (Å²) >= 11 is 0. The smallest absolute Gasteiger partial charge is 0.410 e. The summed E-state index contributed by atoms with van der Waals surface area (Å²) < 4.78 is 5.36. The van der Waals surface area contributed by atoms with E-state index < -0.39 is 11.7 Å². The second kappa shape index (κ2) is 6.65. The third-order valence-electron chi connectivity index (χ3n) is 5.34. The molecule has 0 spiro atoms. The van der Waals surface area contributed by atoms with Gasteiger partial charge in [0, 0.05) is 30.6 Å². The molecule has 0 aromatic carbocycles. The molecule has 0 bridgehead atoms. The Hall–Kier alpha value is -1.95. The van der Waals surface area contributed by atoms with E-state index in [9.17, 15) is 14.7 Å². The number of aromatic nitrogens is 1. The number of amides is 1. The van der Waals surface area contributed by atoms with E-state index in [0.717, 1.165) is 41.5 Å². The van der Waals surface area contributed by atoms with Crippen LogP contribution in [0.4, 0.5) is 4.79 Å². The summed E-state index contributed by atoms with van der Waals surface area (Å²) in [5, 5.41) is 10.8. The number of pyridine rings is 1. The van der Waals surface area contributed by atoms with Crippen LogP contribution in [0.25, 0.3) is 0 Å². The molecule has 26 heavy (non-hydrogen) atoms. The fraction of sp³-hybridized carbons (Fsp3) is 0.650. The molecule has 1 fully saturated rings. The van der Waals surface area contributed by atoms with Gasteiger partial charge in [-0.15, -0.1) is 0 Å². The number of ether oxygens (including phenoxy) is 1. The Bertz CT molecular complexity index is 732. The largest absolute Gasteiger partial charge is 0.444 e. The molecule has 3 rings (SSSR count). The minimum Gasteiger partial charge on any atom is -0.444 e. The number of nitrogens with zero attached hydrogens (tertiary/aromatic N) is 2. The van der Waals surface area contributed by atoms with Crippen molar-refractivity contribution in [2.75, 3.05) is 13.1 Å². The standard InChI is InChI=1S/C20H28N2O4/c1-11-15-6-13(10-23)7-16(15)12(2)21-17(11)18(24)14-8-22(9-14)19(25)26-20(3,4)5/h10,13-14,18,24H,6-9H2,1-5H3. The lowest BCUT2D eigenvalue weighted by Crippen LogP contribution is -2.53. The van der Waals surface area contributed by atoms with Gasteiger partial charge in [-0.3, -0.25) is 4.98 Å². The van der Waals surface area contributed by atoms with Gasteiger partial charge in [-0.05, 0) is 64.2 Å². The van der Waals surface area contributed by atoms with Gasteiger partial charge in [0.25, 0.3) is 0 Å². The zero-order chi connectivity index (χ0) is 19.2. The Labute approximate surface area is 154 Å². The monoisotopic (exact) mass is 360 g/mol. The molecule has 0 radical (unpaired) electrons. The average Bonchev–Trinajstić information content (AvgIpc) is 2.92. The molecule has 6 nitrogen and oxygen atoms in total. The highest BCUT2D eigenvalue weighted by Crippen LogP contribution is 2.37. The number of hydrogen-bond donors (Lipinski definition) is 1. The third kappa shape index (κ3) is 3.47. The van der Waals surface area contributed by atoms with E-state index in [1.54, 1.807) is 4.90 Å². The number of aliphatic hydroxyl groups is 1. The highest BCUT2D eigenvalue weighted by atomic mass is 16.6. The highest BCUT2D eigenvalue weighted by molar-refractivity contribution is 5.69. The van der Waals surface area contributed by atoms with E-state index >= 15 is 0 Å². The van der Waals surface area contributed by atoms with E-state index in [1.165, 1.54) is 0 Å². The number of aliphatic hydroxyl groups excluding tert-OH is 1. The molecule has 1 amide bonds. The van der Waals surface area contributed by atoms with Gasteiger partial charge in [-0.2, -0.15) is 0 Å². The van der Waals surface area contributed by atoms with Gasteiger partial charge in [0.05, 0.1) is 5.69 Å². The van der Waals surface area contributed by atoms with Gasteiger partial charge in [-0.25, -0.2) is 4.79 Å². The first-order chi connectivity index (χ1) is 12.1. The van der Waals surface area contributed by atoms with Crippen molar-refractivity contribution in [2.45, 2.75) is 59.2 Å². The first-order valence-corrected chi connectivity index (χ1v) is 9.20. The third-order valence-corrected chi connectivity index (χ3v) is 5.34. The Morgan fingerprint density at radius 3 is 2.46 bits per heavy atom. The molecule has 1 aliphatic heterocycles. The van der Waals surface area contributed by atoms with Crippen molar-refractivity contribution in [1.82, 2.24) is 9.88 Å². The highest BCUT2D eigenvalue weighted by Gasteiger charge is 2.40. The lowest BCUT2D eigenvalue weighted by Gasteiger charge is -2.42. The van der Waals surface area contributed by atoms with Crippen LogP contribution in [-0.2, 0) is 22.4 Å². The van der Waals surface area contributed by atoms with E-state index in [2.05, 4.69) is 4.98 Å². The summed E-state index contributed by atoms with van der Waals surface area (Å²) in [5.41, 5.74) is 4.35. The first kappa shape index (κ1) is 18.8. The number of hydrogen-bond acceptors (Lipinski definition) is 5. The quantitative estimate of drug-likeness (QED) is 0.838. The predicted molar refractivity (Wildman–Crippen MR) is 96.9 cm³/mol. The maximum atomic E-state index is 12.1. The van der Waals surface area contributed by atoms with Gasteiger partial charge in [0.15, 0.2) is 0 Å². The lowest BCUT2D eigenvalue weighted by molar-refractivity contribution is -0.110. The molecule has 2 aliphatic rings. The van der Waals surface area contributed by atoms with Gasteiger partial charge >= 0.3 is 6.09 Å². The maximum absolute atomic E-state index is 12.1. The summed E-state index contributed by atoms with van der Waals surface area (Å²) in [6.07, 6.45) is 1.42. The molecule has 1 aromatic rings. The van der Waals surface area contributed by atoms with Crippen LogP contribution in [0.15, 0.2) is 0 Å². The second-order valence-electron chi connectivity index (χ2n) is 8.56. The molecular weight excluding hydrogens is 332 g/mol. The van der Waals surface area contributed by atoms with Crippen molar-refractivity contribution in [2.24, 2.45) is 11.8 Å². The molecule has 1 aromatic heterocycles. The SMILES string of the molecule is Cc1nc(C(O)C2CN(C(=O)OC(C)(C)C)C2)c(C)c2c1CC(C=O)C2. The topological polar surface area (TPSA) is 79.7 Å². The van der Waals surface area contributed by atoms with Crippen molar-refractivity contribution in [3.8, 4) is 0 Å². The number of rotatable bonds is 3. The van der Waals surface area contributed by atoms with Gasteiger partial charge in [0.2, 0.25) is 0 Å². The number of carbonyl (C=O) groups is 2. The van der Waals surface area contributed by atoms with E-state index in [0.29, 0.717) is 18.8 Å². The van der Waals surface area contributed by atoms with Crippen LogP contribution in [0.3, 0.4) is 0 Å². The molecule has 142 valence electrons. The van der Waals surface area contributed by atoms with Gasteiger partial charge in [-0.1, -0.05) is 0 Å². The number of aryl methyl sites for hydroxylation is 1. The fourth-order valence-corrected chi connectivity index (χ4v) is 3.87. The lowest BCUT2D eigenvalue weighted by atomic mass is 9.88. The average molecular weight is 360 g/mol. The normalized spacial score (nSPS) is 21.2.